The van der Waals surface area contributed by atoms with Gasteiger partial charge < -0.3 is 16.0 Å². The molecule has 1 unspecified atom stereocenters. The first-order valence-corrected chi connectivity index (χ1v) is 10.0. The van der Waals surface area contributed by atoms with Gasteiger partial charge in [-0.05, 0) is 53.8 Å². The Morgan fingerprint density at radius 1 is 1.11 bits per heavy atom. The minimum Gasteiger partial charge on any atom is -0.350 e. The van der Waals surface area contributed by atoms with E-state index >= 15 is 0 Å². The SMILES string of the molecule is NCc1ccc(Cl)cc1CNC(=O)C1CCCN1C(=O)Cc1cccc(Cl)c1. The Balaban J connectivity index is 1.63. The van der Waals surface area contributed by atoms with Gasteiger partial charge in [0.1, 0.15) is 6.04 Å². The average Bonchev–Trinajstić information content (AvgIpc) is 3.16. The molecule has 2 aromatic carbocycles. The number of hydrogen-bond acceptors (Lipinski definition) is 3. The predicted octanol–water partition coefficient (Wildman–Crippen LogP) is 3.30. The molecule has 1 aliphatic heterocycles. The van der Waals surface area contributed by atoms with Crippen LogP contribution in [0.1, 0.15) is 29.5 Å². The van der Waals surface area contributed by atoms with E-state index in [2.05, 4.69) is 5.32 Å². The molecule has 2 aromatic rings. The first kappa shape index (κ1) is 20.6. The minimum absolute atomic E-state index is 0.0645. The van der Waals surface area contributed by atoms with Gasteiger partial charge in [0, 0.05) is 29.7 Å². The summed E-state index contributed by atoms with van der Waals surface area (Å²) >= 11 is 12.0. The van der Waals surface area contributed by atoms with Crippen LogP contribution in [0.2, 0.25) is 10.0 Å². The van der Waals surface area contributed by atoms with Crippen LogP contribution < -0.4 is 11.1 Å². The van der Waals surface area contributed by atoms with Crippen molar-refractivity contribution in [2.45, 2.75) is 38.4 Å². The number of carbonyl (C=O) groups excluding carboxylic acids is 2. The number of nitrogens with zero attached hydrogens (tertiary/aromatic N) is 1. The number of nitrogens with two attached hydrogens (primary N) is 1. The molecule has 148 valence electrons. The zero-order valence-corrected chi connectivity index (χ0v) is 17.0. The molecule has 0 aliphatic carbocycles. The standard InChI is InChI=1S/C21H23Cl2N3O2/c22-17-4-1-3-14(9-17)10-20(27)26-8-2-5-19(26)21(28)25-13-16-11-18(23)7-6-15(16)12-24/h1,3-4,6-7,9,11,19H,2,5,8,10,12-13,24H2,(H,25,28). The van der Waals surface area contributed by atoms with Crippen LogP contribution in [0.4, 0.5) is 0 Å². The molecule has 2 amide bonds. The van der Waals surface area contributed by atoms with Crippen LogP contribution in [0, 0.1) is 0 Å². The van der Waals surface area contributed by atoms with E-state index in [1.807, 2.05) is 18.2 Å². The van der Waals surface area contributed by atoms with Crippen LogP contribution in [0.25, 0.3) is 0 Å². The van der Waals surface area contributed by atoms with Gasteiger partial charge in [0.05, 0.1) is 6.42 Å². The number of halogens is 2. The molecule has 28 heavy (non-hydrogen) atoms. The molecule has 1 fully saturated rings. The fourth-order valence-electron chi connectivity index (χ4n) is 3.52. The van der Waals surface area contributed by atoms with Crippen molar-refractivity contribution in [3.8, 4) is 0 Å². The molecular weight excluding hydrogens is 397 g/mol. The van der Waals surface area contributed by atoms with E-state index in [-0.39, 0.29) is 18.2 Å². The molecular formula is C21H23Cl2N3O2. The number of benzene rings is 2. The summed E-state index contributed by atoms with van der Waals surface area (Å²) in [6.45, 7) is 1.29. The summed E-state index contributed by atoms with van der Waals surface area (Å²) in [4.78, 5) is 27.1. The molecule has 0 aromatic heterocycles. The summed E-state index contributed by atoms with van der Waals surface area (Å²) in [5.74, 6) is -0.217. The van der Waals surface area contributed by atoms with E-state index in [1.54, 1.807) is 29.2 Å². The highest BCUT2D eigenvalue weighted by Crippen LogP contribution is 2.21. The van der Waals surface area contributed by atoms with Crippen molar-refractivity contribution in [1.29, 1.82) is 0 Å². The second-order valence-corrected chi connectivity index (χ2v) is 7.76. The van der Waals surface area contributed by atoms with Gasteiger partial charge in [0.15, 0.2) is 0 Å². The van der Waals surface area contributed by atoms with Crippen molar-refractivity contribution < 1.29 is 9.59 Å². The Hall–Kier alpha value is -2.08. The van der Waals surface area contributed by atoms with Gasteiger partial charge >= 0.3 is 0 Å². The van der Waals surface area contributed by atoms with E-state index in [9.17, 15) is 9.59 Å². The van der Waals surface area contributed by atoms with Crippen molar-refractivity contribution >= 4 is 35.0 Å². The van der Waals surface area contributed by atoms with E-state index in [0.717, 1.165) is 23.1 Å². The van der Waals surface area contributed by atoms with Gasteiger partial charge in [-0.25, -0.2) is 0 Å². The molecule has 7 heteroatoms. The smallest absolute Gasteiger partial charge is 0.243 e. The highest BCUT2D eigenvalue weighted by Gasteiger charge is 2.33. The molecule has 0 saturated carbocycles. The summed E-state index contributed by atoms with van der Waals surface area (Å²) in [5.41, 5.74) is 8.42. The third kappa shape index (κ3) is 5.04. The Morgan fingerprint density at radius 3 is 2.64 bits per heavy atom. The third-order valence-corrected chi connectivity index (χ3v) is 5.43. The van der Waals surface area contributed by atoms with Gasteiger partial charge in [0.2, 0.25) is 11.8 Å². The first-order chi connectivity index (χ1) is 13.5. The number of likely N-dealkylation sites (tertiary alicyclic amines) is 1. The van der Waals surface area contributed by atoms with Crippen molar-refractivity contribution in [3.05, 3.63) is 69.2 Å². The maximum Gasteiger partial charge on any atom is 0.243 e. The van der Waals surface area contributed by atoms with Crippen LogP contribution >= 0.6 is 23.2 Å². The van der Waals surface area contributed by atoms with Crippen molar-refractivity contribution in [2.24, 2.45) is 5.73 Å². The number of amides is 2. The highest BCUT2D eigenvalue weighted by atomic mass is 35.5. The summed E-state index contributed by atoms with van der Waals surface area (Å²) in [5, 5.41) is 4.13. The molecule has 1 atom stereocenters. The van der Waals surface area contributed by atoms with Gasteiger partial charge in [-0.2, -0.15) is 0 Å². The minimum atomic E-state index is -0.452. The molecule has 3 rings (SSSR count). The lowest BCUT2D eigenvalue weighted by Gasteiger charge is -2.24. The number of nitrogens with one attached hydrogen (secondary N) is 1. The number of carbonyl (C=O) groups is 2. The lowest BCUT2D eigenvalue weighted by molar-refractivity contribution is -0.138. The second-order valence-electron chi connectivity index (χ2n) is 6.89. The summed E-state index contributed by atoms with van der Waals surface area (Å²) in [7, 11) is 0. The van der Waals surface area contributed by atoms with Crippen LogP contribution in [-0.4, -0.2) is 29.3 Å². The first-order valence-electron chi connectivity index (χ1n) is 9.27. The van der Waals surface area contributed by atoms with Crippen LogP contribution in [0.5, 0.6) is 0 Å². The maximum atomic E-state index is 12.7. The highest BCUT2D eigenvalue weighted by molar-refractivity contribution is 6.30. The van der Waals surface area contributed by atoms with E-state index in [4.69, 9.17) is 28.9 Å². The number of rotatable bonds is 6. The molecule has 1 aliphatic rings. The Kier molecular flexibility index (Phi) is 6.94. The predicted molar refractivity (Wildman–Crippen MR) is 111 cm³/mol. The molecule has 1 saturated heterocycles. The Labute approximate surface area is 174 Å². The van der Waals surface area contributed by atoms with E-state index in [1.165, 1.54) is 0 Å². The van der Waals surface area contributed by atoms with E-state index < -0.39 is 6.04 Å². The van der Waals surface area contributed by atoms with Crippen LogP contribution in [-0.2, 0) is 29.1 Å². The monoisotopic (exact) mass is 419 g/mol. The van der Waals surface area contributed by atoms with Crippen molar-refractivity contribution in [1.82, 2.24) is 10.2 Å². The Morgan fingerprint density at radius 2 is 1.89 bits per heavy atom. The molecule has 0 radical (unpaired) electrons. The summed E-state index contributed by atoms with van der Waals surface area (Å²) < 4.78 is 0. The van der Waals surface area contributed by atoms with Crippen LogP contribution in [0.15, 0.2) is 42.5 Å². The lowest BCUT2D eigenvalue weighted by atomic mass is 10.1. The van der Waals surface area contributed by atoms with Gasteiger partial charge in [-0.3, -0.25) is 9.59 Å². The van der Waals surface area contributed by atoms with Crippen molar-refractivity contribution in [3.63, 3.8) is 0 Å². The zero-order valence-electron chi connectivity index (χ0n) is 15.5. The van der Waals surface area contributed by atoms with E-state index in [0.29, 0.717) is 36.1 Å². The third-order valence-electron chi connectivity index (χ3n) is 4.96. The normalized spacial score (nSPS) is 16.2. The molecule has 5 nitrogen and oxygen atoms in total. The summed E-state index contributed by atoms with van der Waals surface area (Å²) in [6, 6.07) is 12.2. The maximum absolute atomic E-state index is 12.7. The fraction of sp³-hybridized carbons (Fsp3) is 0.333. The lowest BCUT2D eigenvalue weighted by Crippen LogP contribution is -2.46. The second kappa shape index (κ2) is 9.41. The summed E-state index contributed by atoms with van der Waals surface area (Å²) in [6.07, 6.45) is 1.70. The van der Waals surface area contributed by atoms with Crippen LogP contribution in [0.3, 0.4) is 0 Å². The van der Waals surface area contributed by atoms with Gasteiger partial charge in [-0.15, -0.1) is 0 Å². The van der Waals surface area contributed by atoms with Gasteiger partial charge in [0.25, 0.3) is 0 Å². The quantitative estimate of drug-likeness (QED) is 0.753. The molecule has 1 heterocycles. The number of hydrogen-bond donors (Lipinski definition) is 2. The Bertz CT molecular complexity index is 872. The molecule has 0 bridgehead atoms. The largest absolute Gasteiger partial charge is 0.350 e. The molecule has 3 N–H and O–H groups in total. The average molecular weight is 420 g/mol. The zero-order chi connectivity index (χ0) is 20.1. The van der Waals surface area contributed by atoms with Gasteiger partial charge in [-0.1, -0.05) is 41.4 Å². The molecule has 0 spiro atoms. The fourth-order valence-corrected chi connectivity index (χ4v) is 3.93. The van der Waals surface area contributed by atoms with Crippen molar-refractivity contribution in [2.75, 3.05) is 6.54 Å². The topological polar surface area (TPSA) is 75.4 Å².